The van der Waals surface area contributed by atoms with Crippen molar-refractivity contribution < 1.29 is 14.6 Å². The molecule has 4 rings (SSSR count). The van der Waals surface area contributed by atoms with Crippen LogP contribution in [0.5, 0.6) is 0 Å². The van der Waals surface area contributed by atoms with E-state index in [1.54, 1.807) is 0 Å². The van der Waals surface area contributed by atoms with Gasteiger partial charge < -0.3 is 14.6 Å². The Kier molecular flexibility index (Phi) is 7.88. The van der Waals surface area contributed by atoms with Crippen molar-refractivity contribution in [1.29, 1.82) is 0 Å². The van der Waals surface area contributed by atoms with E-state index in [1.165, 1.54) is 57.8 Å². The van der Waals surface area contributed by atoms with Gasteiger partial charge in [-0.05, 0) is 152 Å². The average Bonchev–Trinajstić information content (AvgIpc) is 3.08. The van der Waals surface area contributed by atoms with E-state index < -0.39 is 0 Å². The molecule has 0 saturated heterocycles. The Morgan fingerprint density at radius 2 is 1.43 bits per heavy atom. The zero-order chi connectivity index (χ0) is 25.8. The zero-order valence-corrected chi connectivity index (χ0v) is 24.7. The number of aliphatic hydroxyl groups excluding tert-OH is 1. The van der Waals surface area contributed by atoms with E-state index in [2.05, 4.69) is 62.3 Å². The minimum absolute atomic E-state index is 0.0752. The SMILES string of the molecule is C[C@H](CCCO)[C@H]1CC[C@H]2[C@@H]3C[C@H](OC(C)(C)C)[C@@H]4C[C@H](OC(C)(C)C)CC[C@]4(C)[C@H]3CC[C@]12C. The van der Waals surface area contributed by atoms with Gasteiger partial charge in [0.25, 0.3) is 0 Å². The molecule has 0 aromatic rings. The van der Waals surface area contributed by atoms with Crippen LogP contribution in [-0.4, -0.2) is 35.1 Å². The Hall–Kier alpha value is -0.120. The van der Waals surface area contributed by atoms with Crippen molar-refractivity contribution in [2.24, 2.45) is 46.3 Å². The van der Waals surface area contributed by atoms with E-state index in [0.717, 1.165) is 36.0 Å². The van der Waals surface area contributed by atoms with Crippen LogP contribution in [0.25, 0.3) is 0 Å². The fraction of sp³-hybridized carbons (Fsp3) is 1.00. The molecule has 0 spiro atoms. The van der Waals surface area contributed by atoms with Crippen molar-refractivity contribution in [3.63, 3.8) is 0 Å². The van der Waals surface area contributed by atoms with Crippen molar-refractivity contribution in [2.75, 3.05) is 6.61 Å². The predicted octanol–water partition coefficient (Wildman–Crippen LogP) is 8.03. The van der Waals surface area contributed by atoms with Crippen molar-refractivity contribution in [3.05, 3.63) is 0 Å². The van der Waals surface area contributed by atoms with Gasteiger partial charge in [-0.2, -0.15) is 0 Å². The van der Waals surface area contributed by atoms with Gasteiger partial charge in [-0.15, -0.1) is 0 Å². The van der Waals surface area contributed by atoms with Crippen LogP contribution in [0.1, 0.15) is 127 Å². The summed E-state index contributed by atoms with van der Waals surface area (Å²) < 4.78 is 13.5. The highest BCUT2D eigenvalue weighted by atomic mass is 16.5. The summed E-state index contributed by atoms with van der Waals surface area (Å²) in [5, 5.41) is 9.43. The van der Waals surface area contributed by atoms with Crippen LogP contribution in [0.15, 0.2) is 0 Å². The first kappa shape index (κ1) is 27.9. The third-order valence-corrected chi connectivity index (χ3v) is 11.2. The smallest absolute Gasteiger partial charge is 0.0619 e. The molecule has 204 valence electrons. The summed E-state index contributed by atoms with van der Waals surface area (Å²) in [5.74, 6) is 4.64. The van der Waals surface area contributed by atoms with Crippen LogP contribution in [-0.2, 0) is 9.47 Å². The summed E-state index contributed by atoms with van der Waals surface area (Å²) >= 11 is 0. The fourth-order valence-corrected chi connectivity index (χ4v) is 10.0. The van der Waals surface area contributed by atoms with E-state index in [1.807, 2.05) is 0 Å². The molecule has 0 bridgehead atoms. The average molecular weight is 491 g/mol. The predicted molar refractivity (Wildman–Crippen MR) is 145 cm³/mol. The van der Waals surface area contributed by atoms with Gasteiger partial charge in [-0.25, -0.2) is 0 Å². The first-order valence-corrected chi connectivity index (χ1v) is 15.1. The Morgan fingerprint density at radius 3 is 2.06 bits per heavy atom. The van der Waals surface area contributed by atoms with Crippen LogP contribution in [0.2, 0.25) is 0 Å². The molecule has 1 N–H and O–H groups in total. The van der Waals surface area contributed by atoms with Gasteiger partial charge in [0.2, 0.25) is 0 Å². The first-order chi connectivity index (χ1) is 16.2. The van der Waals surface area contributed by atoms with E-state index >= 15 is 0 Å². The van der Waals surface area contributed by atoms with Crippen molar-refractivity contribution in [2.45, 2.75) is 150 Å². The molecular formula is C32H58O3. The Bertz CT molecular complexity index is 719. The van der Waals surface area contributed by atoms with Gasteiger partial charge in [-0.1, -0.05) is 20.8 Å². The lowest BCUT2D eigenvalue weighted by Crippen LogP contribution is -2.60. The van der Waals surface area contributed by atoms with Gasteiger partial charge in [0.15, 0.2) is 0 Å². The summed E-state index contributed by atoms with van der Waals surface area (Å²) in [5.41, 5.74) is 0.663. The summed E-state index contributed by atoms with van der Waals surface area (Å²) in [6, 6.07) is 0. The summed E-state index contributed by atoms with van der Waals surface area (Å²) in [6.07, 6.45) is 13.4. The largest absolute Gasteiger partial charge is 0.396 e. The van der Waals surface area contributed by atoms with Gasteiger partial charge in [-0.3, -0.25) is 0 Å². The molecule has 3 heteroatoms. The van der Waals surface area contributed by atoms with Gasteiger partial charge in [0.1, 0.15) is 0 Å². The molecule has 0 aromatic carbocycles. The van der Waals surface area contributed by atoms with Gasteiger partial charge >= 0.3 is 0 Å². The molecular weight excluding hydrogens is 432 g/mol. The Morgan fingerprint density at radius 1 is 0.800 bits per heavy atom. The van der Waals surface area contributed by atoms with Crippen LogP contribution in [0, 0.1) is 46.3 Å². The number of hydrogen-bond donors (Lipinski definition) is 1. The number of hydrogen-bond acceptors (Lipinski definition) is 3. The maximum absolute atomic E-state index is 9.43. The minimum atomic E-state index is -0.106. The topological polar surface area (TPSA) is 38.7 Å². The quantitative estimate of drug-likeness (QED) is 0.409. The molecule has 4 fully saturated rings. The highest BCUT2D eigenvalue weighted by Gasteiger charge is 2.63. The van der Waals surface area contributed by atoms with E-state index in [4.69, 9.17) is 9.47 Å². The Labute approximate surface area is 217 Å². The molecule has 4 aliphatic rings. The highest BCUT2D eigenvalue weighted by Crippen LogP contribution is 2.69. The normalized spacial score (nSPS) is 44.9. The van der Waals surface area contributed by atoms with Crippen LogP contribution in [0.4, 0.5) is 0 Å². The third-order valence-electron chi connectivity index (χ3n) is 11.2. The van der Waals surface area contributed by atoms with Gasteiger partial charge in [0.05, 0.1) is 23.4 Å². The second-order valence-electron chi connectivity index (χ2n) is 15.7. The van der Waals surface area contributed by atoms with E-state index in [9.17, 15) is 5.11 Å². The van der Waals surface area contributed by atoms with Crippen LogP contribution < -0.4 is 0 Å². The van der Waals surface area contributed by atoms with E-state index in [-0.39, 0.29) is 11.2 Å². The summed E-state index contributed by atoms with van der Waals surface area (Å²) in [7, 11) is 0. The van der Waals surface area contributed by atoms with Crippen LogP contribution >= 0.6 is 0 Å². The first-order valence-electron chi connectivity index (χ1n) is 15.1. The molecule has 0 aliphatic heterocycles. The molecule has 0 amide bonds. The summed E-state index contributed by atoms with van der Waals surface area (Å²) in [4.78, 5) is 0. The highest BCUT2D eigenvalue weighted by molar-refractivity contribution is 5.12. The molecule has 4 saturated carbocycles. The number of fused-ring (bicyclic) bond motifs is 5. The molecule has 3 nitrogen and oxygen atoms in total. The maximum atomic E-state index is 9.43. The second kappa shape index (κ2) is 9.88. The zero-order valence-electron chi connectivity index (χ0n) is 24.7. The summed E-state index contributed by atoms with van der Waals surface area (Å²) in [6.45, 7) is 21.5. The van der Waals surface area contributed by atoms with Crippen molar-refractivity contribution in [3.8, 4) is 0 Å². The lowest BCUT2D eigenvalue weighted by atomic mass is 9.43. The third kappa shape index (κ3) is 5.53. The Balaban J connectivity index is 1.60. The monoisotopic (exact) mass is 490 g/mol. The number of aliphatic hydroxyl groups is 1. The molecule has 0 heterocycles. The fourth-order valence-electron chi connectivity index (χ4n) is 10.0. The number of ether oxygens (including phenoxy) is 2. The van der Waals surface area contributed by atoms with Gasteiger partial charge in [0, 0.05) is 6.61 Å². The van der Waals surface area contributed by atoms with E-state index in [0.29, 0.717) is 35.6 Å². The molecule has 0 aromatic heterocycles. The van der Waals surface area contributed by atoms with Crippen LogP contribution in [0.3, 0.4) is 0 Å². The molecule has 0 radical (unpaired) electrons. The van der Waals surface area contributed by atoms with Crippen molar-refractivity contribution >= 4 is 0 Å². The molecule has 10 atom stereocenters. The standard InChI is InChI=1S/C32H58O3/c1-21(11-10-18-33)24-12-13-25-23-20-28(35-30(5,6)7)27-19-22(34-29(2,3)4)14-16-32(27,9)26(23)15-17-31(24,25)8/h21-28,33H,10-20H2,1-9H3/t21-,22-,23+,24-,25+,26+,27+,28+,31-,32-/m1/s1. The molecule has 35 heavy (non-hydrogen) atoms. The lowest BCUT2D eigenvalue weighted by Gasteiger charge is -2.63. The molecule has 0 unspecified atom stereocenters. The van der Waals surface area contributed by atoms with Crippen molar-refractivity contribution in [1.82, 2.24) is 0 Å². The number of rotatable bonds is 6. The second-order valence-corrected chi connectivity index (χ2v) is 15.7. The lowest BCUT2D eigenvalue weighted by molar-refractivity contribution is -0.219. The minimum Gasteiger partial charge on any atom is -0.396 e. The maximum Gasteiger partial charge on any atom is 0.0619 e. The molecule has 4 aliphatic carbocycles.